The number of pyridine rings is 1. The van der Waals surface area contributed by atoms with Crippen LogP contribution in [0.2, 0.25) is 5.02 Å². The monoisotopic (exact) mass is 775 g/mol. The van der Waals surface area contributed by atoms with E-state index in [1.165, 1.54) is 11.2 Å². The molecule has 0 saturated heterocycles. The summed E-state index contributed by atoms with van der Waals surface area (Å²) in [6.07, 6.45) is -7.99. The number of anilines is 1. The van der Waals surface area contributed by atoms with Gasteiger partial charge in [0, 0.05) is 42.0 Å². The van der Waals surface area contributed by atoms with Gasteiger partial charge in [-0.1, -0.05) is 23.6 Å². The molecule has 0 saturated carbocycles. The number of amides is 1. The van der Waals surface area contributed by atoms with Crippen molar-refractivity contribution in [2.45, 2.75) is 52.2 Å². The molecule has 286 valence electrons. The highest BCUT2D eigenvalue weighted by atomic mass is 35.5. The van der Waals surface area contributed by atoms with E-state index in [2.05, 4.69) is 26.8 Å². The van der Waals surface area contributed by atoms with E-state index in [1.807, 2.05) is 32.9 Å². The number of fused-ring (bicyclic) bond motifs is 1. The molecule has 0 fully saturated rings. The Balaban J connectivity index is 0.000000587. The van der Waals surface area contributed by atoms with E-state index in [0.29, 0.717) is 39.8 Å². The molecular formula is C32H32ClF6N7O7. The summed E-state index contributed by atoms with van der Waals surface area (Å²) in [5.41, 5.74) is 10.4. The molecule has 0 aliphatic rings. The summed E-state index contributed by atoms with van der Waals surface area (Å²) >= 11 is 6.77. The number of halogens is 7. The number of aliphatic hydroxyl groups excluding tert-OH is 1. The number of carboxylic acids is 2. The molecule has 21 heteroatoms. The second-order valence-corrected chi connectivity index (χ2v) is 11.2. The average Bonchev–Trinajstić information content (AvgIpc) is 3.44. The maximum absolute atomic E-state index is 12.4. The van der Waals surface area contributed by atoms with Crippen molar-refractivity contribution in [2.24, 2.45) is 0 Å². The molecule has 3 heterocycles. The van der Waals surface area contributed by atoms with Gasteiger partial charge in [0.25, 0.3) is 5.91 Å². The number of hydrogen-bond acceptors (Lipinski definition) is 10. The van der Waals surface area contributed by atoms with Crippen LogP contribution in [0.3, 0.4) is 0 Å². The van der Waals surface area contributed by atoms with Crippen LogP contribution in [-0.4, -0.2) is 102 Å². The number of carbonyl (C=O) groups excluding carboxylic acids is 1. The molecule has 1 unspecified atom stereocenters. The predicted octanol–water partition coefficient (Wildman–Crippen LogP) is 5.14. The quantitative estimate of drug-likeness (QED) is 0.148. The highest BCUT2D eigenvalue weighted by Gasteiger charge is 2.39. The molecule has 0 aliphatic carbocycles. The number of hydrogen-bond donors (Lipinski definition) is 4. The summed E-state index contributed by atoms with van der Waals surface area (Å²) in [4.78, 5) is 44.6. The first-order chi connectivity index (χ1) is 24.4. The lowest BCUT2D eigenvalue weighted by Gasteiger charge is -2.23. The number of nitrogen functional groups attached to an aromatic ring is 1. The van der Waals surface area contributed by atoms with Gasteiger partial charge < -0.3 is 30.7 Å². The van der Waals surface area contributed by atoms with Gasteiger partial charge in [0.15, 0.2) is 5.65 Å². The summed E-state index contributed by atoms with van der Waals surface area (Å²) in [6.45, 7) is 7.73. The van der Waals surface area contributed by atoms with Gasteiger partial charge in [0.1, 0.15) is 35.4 Å². The van der Waals surface area contributed by atoms with Crippen molar-refractivity contribution in [1.29, 1.82) is 0 Å². The lowest BCUT2D eigenvalue weighted by Crippen LogP contribution is -2.22. The molecule has 14 nitrogen and oxygen atoms in total. The van der Waals surface area contributed by atoms with Gasteiger partial charge >= 0.3 is 24.3 Å². The standard InChI is InChI=1S/C28H30ClN7O3.2C2HF3O2/c1-7-39-25-19(12-20(29)16(3)23(25)18-9-11-22(31-13-18)28(38)35(5)6)17(4)36-27-24(26(30)32-14-33-27)21(34-36)10-8-15(2)37;2*3-2(4,5)1(6)7/h9,11-15,17,37H,7H2,1-6H3,(H2,30,32,33);2*(H,6,7)/t15-,17?;;/m0../s1. The number of rotatable bonds is 6. The summed E-state index contributed by atoms with van der Waals surface area (Å²) in [7, 11) is 3.36. The fourth-order valence-electron chi connectivity index (χ4n) is 4.26. The van der Waals surface area contributed by atoms with Crippen LogP contribution in [0.4, 0.5) is 32.2 Å². The Morgan fingerprint density at radius 1 is 1.04 bits per heavy atom. The van der Waals surface area contributed by atoms with Crippen molar-refractivity contribution in [2.75, 3.05) is 26.4 Å². The summed E-state index contributed by atoms with van der Waals surface area (Å²) < 4.78 is 71.4. The van der Waals surface area contributed by atoms with Crippen LogP contribution in [0, 0.1) is 18.8 Å². The van der Waals surface area contributed by atoms with Crippen LogP contribution in [0.1, 0.15) is 54.1 Å². The Morgan fingerprint density at radius 3 is 2.06 bits per heavy atom. The number of nitrogens with two attached hydrogens (primary N) is 1. The molecule has 53 heavy (non-hydrogen) atoms. The number of aliphatic hydroxyl groups is 1. The van der Waals surface area contributed by atoms with Crippen LogP contribution >= 0.6 is 11.6 Å². The van der Waals surface area contributed by atoms with Gasteiger partial charge in [0.05, 0.1) is 18.0 Å². The van der Waals surface area contributed by atoms with Crippen molar-refractivity contribution in [3.63, 3.8) is 0 Å². The van der Waals surface area contributed by atoms with Gasteiger partial charge in [-0.05, 0) is 51.3 Å². The molecule has 5 N–H and O–H groups in total. The van der Waals surface area contributed by atoms with Gasteiger partial charge in [-0.25, -0.2) is 24.2 Å². The Morgan fingerprint density at radius 2 is 1.60 bits per heavy atom. The molecule has 4 aromatic rings. The van der Waals surface area contributed by atoms with Crippen molar-refractivity contribution in [3.05, 3.63) is 58.3 Å². The molecule has 3 aromatic heterocycles. The van der Waals surface area contributed by atoms with Crippen LogP contribution in [0.15, 0.2) is 30.7 Å². The fraction of sp³-hybridized carbons (Fsp3) is 0.344. The van der Waals surface area contributed by atoms with Gasteiger partial charge in [-0.2, -0.15) is 31.4 Å². The molecule has 0 bridgehead atoms. The minimum atomic E-state index is -5.08. The van der Waals surface area contributed by atoms with Crippen LogP contribution in [-0.2, 0) is 9.59 Å². The summed E-state index contributed by atoms with van der Waals surface area (Å²) in [6, 6.07) is 4.96. The third kappa shape index (κ3) is 11.2. The van der Waals surface area contributed by atoms with Gasteiger partial charge in [0.2, 0.25) is 0 Å². The maximum atomic E-state index is 12.4. The van der Waals surface area contributed by atoms with Crippen LogP contribution in [0.5, 0.6) is 5.75 Å². The topological polar surface area (TPSA) is 207 Å². The highest BCUT2D eigenvalue weighted by Crippen LogP contribution is 2.43. The first-order valence-corrected chi connectivity index (χ1v) is 15.2. The van der Waals surface area contributed by atoms with E-state index < -0.39 is 36.4 Å². The number of ether oxygens (including phenoxy) is 1. The van der Waals surface area contributed by atoms with Crippen molar-refractivity contribution in [3.8, 4) is 28.7 Å². The minimum Gasteiger partial charge on any atom is -0.493 e. The fourth-order valence-corrected chi connectivity index (χ4v) is 4.47. The summed E-state index contributed by atoms with van der Waals surface area (Å²) in [5.74, 6) is 0.742. The molecule has 2 atom stereocenters. The van der Waals surface area contributed by atoms with E-state index in [-0.39, 0.29) is 11.7 Å². The molecule has 0 aliphatic heterocycles. The smallest absolute Gasteiger partial charge is 0.490 e. The van der Waals surface area contributed by atoms with Crippen molar-refractivity contribution >= 4 is 46.3 Å². The SMILES string of the molecule is CCOc1c(C(C)n2nc(C#C[C@H](C)O)c3c(N)ncnc32)cc(Cl)c(C)c1-c1ccc(C(=O)N(C)C)nc1.O=C(O)C(F)(F)F.O=C(O)C(F)(F)F. The molecule has 0 radical (unpaired) electrons. The number of carboxylic acid groups (broad SMARTS) is 2. The number of alkyl halides is 6. The number of nitrogens with zero attached hydrogens (tertiary/aromatic N) is 6. The van der Waals surface area contributed by atoms with Crippen LogP contribution in [0.25, 0.3) is 22.2 Å². The molecule has 1 aromatic carbocycles. The third-order valence-electron chi connectivity index (χ3n) is 6.69. The van der Waals surface area contributed by atoms with Gasteiger partial charge in [-0.3, -0.25) is 9.78 Å². The number of aliphatic carboxylic acids is 2. The summed E-state index contributed by atoms with van der Waals surface area (Å²) in [5, 5.41) is 29.7. The first-order valence-electron chi connectivity index (χ1n) is 14.9. The van der Waals surface area contributed by atoms with E-state index in [1.54, 1.807) is 38.0 Å². The first kappa shape index (κ1) is 43.5. The zero-order valence-electron chi connectivity index (χ0n) is 28.6. The second-order valence-electron chi connectivity index (χ2n) is 10.8. The normalized spacial score (nSPS) is 12.2. The minimum absolute atomic E-state index is 0.190. The number of benzene rings is 1. The van der Waals surface area contributed by atoms with Gasteiger partial charge in [-0.15, -0.1) is 0 Å². The largest absolute Gasteiger partial charge is 0.493 e. The van der Waals surface area contributed by atoms with E-state index in [9.17, 15) is 36.2 Å². The zero-order valence-corrected chi connectivity index (χ0v) is 29.4. The lowest BCUT2D eigenvalue weighted by molar-refractivity contribution is -0.193. The Kier molecular flexibility index (Phi) is 14.5. The Hall–Kier alpha value is -5.68. The zero-order chi connectivity index (χ0) is 40.6. The Labute approximate surface area is 302 Å². The number of carbonyl (C=O) groups is 3. The predicted molar refractivity (Wildman–Crippen MR) is 178 cm³/mol. The maximum Gasteiger partial charge on any atom is 0.490 e. The second kappa shape index (κ2) is 17.7. The van der Waals surface area contributed by atoms with Crippen molar-refractivity contribution < 1.29 is 60.8 Å². The van der Waals surface area contributed by atoms with E-state index in [4.69, 9.17) is 47.0 Å². The van der Waals surface area contributed by atoms with Crippen LogP contribution < -0.4 is 10.5 Å². The molecule has 0 spiro atoms. The molecule has 1 amide bonds. The van der Waals surface area contributed by atoms with E-state index >= 15 is 0 Å². The number of aromatic nitrogens is 5. The Bertz CT molecular complexity index is 2000. The molecular weight excluding hydrogens is 744 g/mol. The molecule has 4 rings (SSSR count). The lowest BCUT2D eigenvalue weighted by atomic mass is 9.94. The van der Waals surface area contributed by atoms with E-state index in [0.717, 1.165) is 22.3 Å². The average molecular weight is 776 g/mol. The van der Waals surface area contributed by atoms with Crippen molar-refractivity contribution in [1.82, 2.24) is 29.6 Å². The highest BCUT2D eigenvalue weighted by molar-refractivity contribution is 6.32. The third-order valence-corrected chi connectivity index (χ3v) is 7.08.